The summed E-state index contributed by atoms with van der Waals surface area (Å²) in [4.78, 5) is 37.3. The van der Waals surface area contributed by atoms with Crippen molar-refractivity contribution >= 4 is 29.1 Å². The number of carbonyl (C=O) groups is 3. The van der Waals surface area contributed by atoms with Crippen LogP contribution in [0.5, 0.6) is 0 Å². The summed E-state index contributed by atoms with van der Waals surface area (Å²) < 4.78 is 0. The molecular weight excluding hydrogens is 304 g/mol. The molecule has 6 nitrogen and oxygen atoms in total. The lowest BCUT2D eigenvalue weighted by Gasteiger charge is -2.30. The first-order chi connectivity index (χ1) is 10.5. The quantitative estimate of drug-likeness (QED) is 0.753. The van der Waals surface area contributed by atoms with Crippen LogP contribution in [0, 0.1) is 5.92 Å². The van der Waals surface area contributed by atoms with Crippen molar-refractivity contribution in [2.24, 2.45) is 5.92 Å². The molecule has 0 saturated heterocycles. The minimum absolute atomic E-state index is 0.237. The molecule has 1 aliphatic carbocycles. The highest BCUT2D eigenvalue weighted by Crippen LogP contribution is 2.26. The smallest absolute Gasteiger partial charge is 0.326 e. The standard InChI is InChI=1S/C15H20N2O4S/c1-17(9-10-4-2-5-10)15(21)16-11(14(19)20)8-12(18)13-6-3-7-22-13/h3,6-7,10-11H,2,4-5,8-9H2,1H3,(H,16,21)(H,19,20). The number of rotatable bonds is 7. The van der Waals surface area contributed by atoms with Gasteiger partial charge in [-0.05, 0) is 30.2 Å². The number of carboxylic acid groups (broad SMARTS) is 1. The summed E-state index contributed by atoms with van der Waals surface area (Å²) in [5.74, 6) is -0.966. The predicted octanol–water partition coefficient (Wildman–Crippen LogP) is 2.22. The normalized spacial score (nSPS) is 15.7. The third-order valence-electron chi connectivity index (χ3n) is 3.88. The van der Waals surface area contributed by atoms with Crippen LogP contribution in [0.15, 0.2) is 17.5 Å². The molecule has 0 spiro atoms. The van der Waals surface area contributed by atoms with Crippen LogP contribution in [0.4, 0.5) is 4.79 Å². The molecule has 2 N–H and O–H groups in total. The predicted molar refractivity (Wildman–Crippen MR) is 83.2 cm³/mol. The van der Waals surface area contributed by atoms with Gasteiger partial charge in [0, 0.05) is 20.0 Å². The van der Waals surface area contributed by atoms with Gasteiger partial charge in [-0.3, -0.25) is 4.79 Å². The molecule has 120 valence electrons. The Labute approximate surface area is 133 Å². The zero-order valence-electron chi connectivity index (χ0n) is 12.4. The third kappa shape index (κ3) is 4.30. The summed E-state index contributed by atoms with van der Waals surface area (Å²) in [5.41, 5.74) is 0. The summed E-state index contributed by atoms with van der Waals surface area (Å²) in [6.45, 7) is 0.622. The summed E-state index contributed by atoms with van der Waals surface area (Å²) in [7, 11) is 1.65. The van der Waals surface area contributed by atoms with Gasteiger partial charge in [0.25, 0.3) is 0 Å². The van der Waals surface area contributed by atoms with Gasteiger partial charge in [-0.15, -0.1) is 11.3 Å². The van der Waals surface area contributed by atoms with E-state index in [9.17, 15) is 19.5 Å². The van der Waals surface area contributed by atoms with Crippen LogP contribution in [0.25, 0.3) is 0 Å². The monoisotopic (exact) mass is 324 g/mol. The SMILES string of the molecule is CN(CC1CCC1)C(=O)NC(CC(=O)c1cccs1)C(=O)O. The molecule has 1 atom stereocenters. The molecule has 1 saturated carbocycles. The van der Waals surface area contributed by atoms with E-state index in [1.165, 1.54) is 22.7 Å². The maximum Gasteiger partial charge on any atom is 0.326 e. The van der Waals surface area contributed by atoms with Gasteiger partial charge >= 0.3 is 12.0 Å². The lowest BCUT2D eigenvalue weighted by atomic mass is 9.85. The van der Waals surface area contributed by atoms with E-state index >= 15 is 0 Å². The van der Waals surface area contributed by atoms with Crippen molar-refractivity contribution in [2.45, 2.75) is 31.7 Å². The topological polar surface area (TPSA) is 86.7 Å². The molecule has 1 aromatic heterocycles. The Morgan fingerprint density at radius 3 is 2.68 bits per heavy atom. The van der Waals surface area contributed by atoms with E-state index in [0.717, 1.165) is 12.8 Å². The Bertz CT molecular complexity index is 540. The minimum atomic E-state index is -1.20. The number of carboxylic acids is 1. The number of carbonyl (C=O) groups excluding carboxylic acids is 2. The van der Waals surface area contributed by atoms with E-state index in [-0.39, 0.29) is 12.2 Å². The molecule has 2 rings (SSSR count). The molecule has 0 bridgehead atoms. The van der Waals surface area contributed by atoms with Crippen LogP contribution in [0.2, 0.25) is 0 Å². The van der Waals surface area contributed by atoms with Crippen LogP contribution < -0.4 is 5.32 Å². The Balaban J connectivity index is 1.88. The van der Waals surface area contributed by atoms with Gasteiger partial charge in [0.2, 0.25) is 0 Å². The number of nitrogens with one attached hydrogen (secondary N) is 1. The molecule has 22 heavy (non-hydrogen) atoms. The van der Waals surface area contributed by atoms with Crippen LogP contribution in [0.1, 0.15) is 35.4 Å². The van der Waals surface area contributed by atoms with E-state index in [2.05, 4.69) is 5.32 Å². The highest BCUT2D eigenvalue weighted by Gasteiger charge is 2.27. The summed E-state index contributed by atoms with van der Waals surface area (Å²) in [6, 6.07) is 1.74. The van der Waals surface area contributed by atoms with Gasteiger partial charge in [0.05, 0.1) is 4.88 Å². The van der Waals surface area contributed by atoms with E-state index < -0.39 is 18.0 Å². The lowest BCUT2D eigenvalue weighted by Crippen LogP contribution is -2.48. The molecule has 1 aromatic rings. The van der Waals surface area contributed by atoms with Crippen LogP contribution >= 0.6 is 11.3 Å². The fourth-order valence-electron chi connectivity index (χ4n) is 2.33. The van der Waals surface area contributed by atoms with Crippen molar-refractivity contribution in [1.82, 2.24) is 10.2 Å². The average Bonchev–Trinajstić information content (AvgIpc) is 2.95. The molecule has 0 aliphatic heterocycles. The zero-order valence-corrected chi connectivity index (χ0v) is 13.3. The molecule has 1 unspecified atom stereocenters. The van der Waals surface area contributed by atoms with Crippen molar-refractivity contribution in [3.63, 3.8) is 0 Å². The van der Waals surface area contributed by atoms with Crippen molar-refractivity contribution in [3.05, 3.63) is 22.4 Å². The maximum absolute atomic E-state index is 12.0. The Kier molecular flexibility index (Phi) is 5.54. The number of Topliss-reactive ketones (excluding diaryl/α,β-unsaturated/α-hetero) is 1. The number of nitrogens with zero attached hydrogens (tertiary/aromatic N) is 1. The van der Waals surface area contributed by atoms with E-state index in [1.54, 1.807) is 24.6 Å². The van der Waals surface area contributed by atoms with Crippen LogP contribution in [-0.2, 0) is 4.79 Å². The molecular formula is C15H20N2O4S. The van der Waals surface area contributed by atoms with Gasteiger partial charge < -0.3 is 15.3 Å². The first-order valence-corrected chi connectivity index (χ1v) is 8.16. The third-order valence-corrected chi connectivity index (χ3v) is 4.80. The number of thiophene rings is 1. The van der Waals surface area contributed by atoms with Gasteiger partial charge in [-0.2, -0.15) is 0 Å². The average molecular weight is 324 g/mol. The number of ketones is 1. The molecule has 2 amide bonds. The van der Waals surface area contributed by atoms with Crippen molar-refractivity contribution in [1.29, 1.82) is 0 Å². The summed E-state index contributed by atoms with van der Waals surface area (Å²) in [5, 5.41) is 13.4. The Morgan fingerprint density at radius 1 is 1.45 bits per heavy atom. The second-order valence-corrected chi connectivity index (χ2v) is 6.57. The van der Waals surface area contributed by atoms with Crippen molar-refractivity contribution in [3.8, 4) is 0 Å². The molecule has 1 heterocycles. The molecule has 1 aliphatic rings. The second-order valence-electron chi connectivity index (χ2n) is 5.62. The number of amides is 2. The van der Waals surface area contributed by atoms with Crippen molar-refractivity contribution in [2.75, 3.05) is 13.6 Å². The largest absolute Gasteiger partial charge is 0.480 e. The summed E-state index contributed by atoms with van der Waals surface area (Å²) >= 11 is 1.26. The number of urea groups is 1. The van der Waals surface area contributed by atoms with E-state index in [1.807, 2.05) is 0 Å². The van der Waals surface area contributed by atoms with Gasteiger partial charge in [-0.25, -0.2) is 9.59 Å². The number of hydrogen-bond acceptors (Lipinski definition) is 4. The zero-order chi connectivity index (χ0) is 16.1. The van der Waals surface area contributed by atoms with Crippen LogP contribution in [-0.4, -0.2) is 47.4 Å². The van der Waals surface area contributed by atoms with Crippen molar-refractivity contribution < 1.29 is 19.5 Å². The Hall–Kier alpha value is -1.89. The number of aliphatic carboxylic acids is 1. The fraction of sp³-hybridized carbons (Fsp3) is 0.533. The van der Waals surface area contributed by atoms with Crippen LogP contribution in [0.3, 0.4) is 0 Å². The fourth-order valence-corrected chi connectivity index (χ4v) is 3.00. The van der Waals surface area contributed by atoms with Gasteiger partial charge in [0.15, 0.2) is 5.78 Å². The second kappa shape index (κ2) is 7.40. The summed E-state index contributed by atoms with van der Waals surface area (Å²) in [6.07, 6.45) is 3.17. The Morgan fingerprint density at radius 2 is 2.18 bits per heavy atom. The first kappa shape index (κ1) is 16.5. The van der Waals surface area contributed by atoms with E-state index in [0.29, 0.717) is 17.3 Å². The minimum Gasteiger partial charge on any atom is -0.480 e. The lowest BCUT2D eigenvalue weighted by molar-refractivity contribution is -0.139. The number of hydrogen-bond donors (Lipinski definition) is 2. The van der Waals surface area contributed by atoms with Gasteiger partial charge in [-0.1, -0.05) is 12.5 Å². The molecule has 7 heteroatoms. The van der Waals surface area contributed by atoms with E-state index in [4.69, 9.17) is 0 Å². The highest BCUT2D eigenvalue weighted by atomic mass is 32.1. The molecule has 0 aromatic carbocycles. The molecule has 0 radical (unpaired) electrons. The first-order valence-electron chi connectivity index (χ1n) is 7.28. The molecule has 1 fully saturated rings. The van der Waals surface area contributed by atoms with Gasteiger partial charge in [0.1, 0.15) is 6.04 Å². The highest BCUT2D eigenvalue weighted by molar-refractivity contribution is 7.12. The maximum atomic E-state index is 12.0.